The molecule has 2 aromatic heterocycles. The number of hydrogen-bond donors (Lipinski definition) is 3. The van der Waals surface area contributed by atoms with E-state index in [1.54, 1.807) is 4.90 Å². The van der Waals surface area contributed by atoms with Gasteiger partial charge in [-0.25, -0.2) is 23.5 Å². The number of H-pyrrole nitrogens is 1. The van der Waals surface area contributed by atoms with Crippen LogP contribution in [0.1, 0.15) is 12.8 Å². The Labute approximate surface area is 184 Å². The number of benzene rings is 1. The zero-order chi connectivity index (χ0) is 22.1. The van der Waals surface area contributed by atoms with E-state index in [4.69, 9.17) is 0 Å². The number of carbonyl (C=O) groups excluding carboxylic acids is 1. The van der Waals surface area contributed by atoms with E-state index in [1.165, 1.54) is 6.33 Å². The van der Waals surface area contributed by atoms with Crippen LogP contribution in [0.3, 0.4) is 0 Å². The maximum absolute atomic E-state index is 13.6. The zero-order valence-electron chi connectivity index (χ0n) is 17.6. The van der Waals surface area contributed by atoms with E-state index in [9.17, 15) is 13.6 Å². The van der Waals surface area contributed by atoms with Crippen LogP contribution in [0, 0.1) is 0 Å². The summed E-state index contributed by atoms with van der Waals surface area (Å²) >= 11 is 0. The van der Waals surface area contributed by atoms with Gasteiger partial charge in [0.1, 0.15) is 17.8 Å². The number of nitrogens with zero attached hydrogens (tertiary/aromatic N) is 4. The second-order valence-electron chi connectivity index (χ2n) is 8.23. The molecular weight excluding hydrogens is 416 g/mol. The highest BCUT2D eigenvalue weighted by Gasteiger charge is 2.35. The molecule has 0 radical (unpaired) electrons. The molecule has 2 amide bonds. The fourth-order valence-electron chi connectivity index (χ4n) is 4.18. The fourth-order valence-corrected chi connectivity index (χ4v) is 4.18. The zero-order valence-corrected chi connectivity index (χ0v) is 17.6. The van der Waals surface area contributed by atoms with Gasteiger partial charge in [-0.2, -0.15) is 0 Å². The first-order chi connectivity index (χ1) is 15.5. The van der Waals surface area contributed by atoms with Crippen molar-refractivity contribution < 1.29 is 13.6 Å². The molecule has 168 valence electrons. The monoisotopic (exact) mass is 441 g/mol. The summed E-state index contributed by atoms with van der Waals surface area (Å²) in [5.74, 6) is -1.93. The SMILES string of the molecule is O=C(Nc1ccc(-c2cc3c(N4CCC(F)(F)CC4)ncnc3[nH]2)cc1)N1CCNCC1. The van der Waals surface area contributed by atoms with Gasteiger partial charge in [0.05, 0.1) is 5.39 Å². The Morgan fingerprint density at radius 2 is 1.75 bits per heavy atom. The van der Waals surface area contributed by atoms with Crippen molar-refractivity contribution in [1.29, 1.82) is 0 Å². The van der Waals surface area contributed by atoms with E-state index in [1.807, 2.05) is 35.2 Å². The summed E-state index contributed by atoms with van der Waals surface area (Å²) in [7, 11) is 0. The maximum Gasteiger partial charge on any atom is 0.321 e. The van der Waals surface area contributed by atoms with Gasteiger partial charge in [-0.15, -0.1) is 0 Å². The predicted molar refractivity (Wildman–Crippen MR) is 119 cm³/mol. The molecule has 2 aliphatic heterocycles. The molecule has 8 nitrogen and oxygen atoms in total. The lowest BCUT2D eigenvalue weighted by Crippen LogP contribution is -2.48. The molecule has 3 aromatic rings. The minimum atomic E-state index is -2.60. The number of piperidine rings is 1. The van der Waals surface area contributed by atoms with Gasteiger partial charge in [-0.1, -0.05) is 12.1 Å². The van der Waals surface area contributed by atoms with Gasteiger partial charge in [-0.3, -0.25) is 0 Å². The van der Waals surface area contributed by atoms with Crippen molar-refractivity contribution in [3.8, 4) is 11.3 Å². The molecule has 10 heteroatoms. The molecule has 2 aliphatic rings. The van der Waals surface area contributed by atoms with E-state index in [0.717, 1.165) is 35.4 Å². The van der Waals surface area contributed by atoms with Gasteiger partial charge in [0, 0.05) is 63.5 Å². The summed E-state index contributed by atoms with van der Waals surface area (Å²) in [6.07, 6.45) is 1.12. The Bertz CT molecular complexity index is 1100. The van der Waals surface area contributed by atoms with Crippen LogP contribution in [0.25, 0.3) is 22.3 Å². The van der Waals surface area contributed by atoms with E-state index < -0.39 is 5.92 Å². The normalized spacial score (nSPS) is 18.7. The van der Waals surface area contributed by atoms with Crippen LogP contribution in [-0.4, -0.2) is 71.1 Å². The van der Waals surface area contributed by atoms with Gasteiger partial charge in [0.25, 0.3) is 5.92 Å². The molecule has 0 unspecified atom stereocenters. The molecule has 0 bridgehead atoms. The van der Waals surface area contributed by atoms with Crippen LogP contribution in [0.5, 0.6) is 0 Å². The number of anilines is 2. The average molecular weight is 441 g/mol. The summed E-state index contributed by atoms with van der Waals surface area (Å²) in [5.41, 5.74) is 3.17. The molecule has 0 saturated carbocycles. The third-order valence-electron chi connectivity index (χ3n) is 6.05. The first-order valence-electron chi connectivity index (χ1n) is 10.8. The molecule has 2 saturated heterocycles. The van der Waals surface area contributed by atoms with Crippen molar-refractivity contribution in [2.24, 2.45) is 0 Å². The number of piperazine rings is 1. The first-order valence-corrected chi connectivity index (χ1v) is 10.8. The number of hydrogen-bond acceptors (Lipinski definition) is 5. The summed E-state index contributed by atoms with van der Waals surface area (Å²) in [5, 5.41) is 6.97. The number of amides is 2. The highest BCUT2D eigenvalue weighted by atomic mass is 19.3. The molecule has 2 fully saturated rings. The lowest BCUT2D eigenvalue weighted by molar-refractivity contribution is -0.0221. The number of rotatable bonds is 3. The number of alkyl halides is 2. The third-order valence-corrected chi connectivity index (χ3v) is 6.05. The number of aromatic nitrogens is 3. The topological polar surface area (TPSA) is 89.2 Å². The largest absolute Gasteiger partial charge is 0.356 e. The Balaban J connectivity index is 1.33. The van der Waals surface area contributed by atoms with Crippen LogP contribution >= 0.6 is 0 Å². The fraction of sp³-hybridized carbons (Fsp3) is 0.409. The molecule has 3 N–H and O–H groups in total. The number of nitrogens with one attached hydrogen (secondary N) is 3. The minimum Gasteiger partial charge on any atom is -0.356 e. The van der Waals surface area contributed by atoms with Gasteiger partial charge in [-0.05, 0) is 23.8 Å². The van der Waals surface area contributed by atoms with Gasteiger partial charge < -0.3 is 25.4 Å². The van der Waals surface area contributed by atoms with Crippen LogP contribution in [0.15, 0.2) is 36.7 Å². The Kier molecular flexibility index (Phi) is 5.38. The summed E-state index contributed by atoms with van der Waals surface area (Å²) in [6.45, 7) is 3.52. The summed E-state index contributed by atoms with van der Waals surface area (Å²) in [4.78, 5) is 28.0. The average Bonchev–Trinajstić information content (AvgIpc) is 3.25. The Hall–Kier alpha value is -3.27. The molecule has 0 aliphatic carbocycles. The lowest BCUT2D eigenvalue weighted by atomic mass is 10.1. The van der Waals surface area contributed by atoms with Crippen molar-refractivity contribution in [3.05, 3.63) is 36.7 Å². The van der Waals surface area contributed by atoms with Gasteiger partial charge in [0.2, 0.25) is 0 Å². The van der Waals surface area contributed by atoms with E-state index >= 15 is 0 Å². The van der Waals surface area contributed by atoms with Gasteiger partial charge in [0.15, 0.2) is 0 Å². The van der Waals surface area contributed by atoms with Crippen LogP contribution in [0.4, 0.5) is 25.1 Å². The van der Waals surface area contributed by atoms with Crippen molar-refractivity contribution in [3.63, 3.8) is 0 Å². The van der Waals surface area contributed by atoms with Crippen molar-refractivity contribution in [1.82, 2.24) is 25.2 Å². The van der Waals surface area contributed by atoms with Crippen LogP contribution in [0.2, 0.25) is 0 Å². The summed E-state index contributed by atoms with van der Waals surface area (Å²) < 4.78 is 27.1. The molecule has 0 atom stereocenters. The van der Waals surface area contributed by atoms with Crippen molar-refractivity contribution in [2.75, 3.05) is 49.5 Å². The Morgan fingerprint density at radius 3 is 2.47 bits per heavy atom. The number of urea groups is 1. The van der Waals surface area contributed by atoms with Crippen molar-refractivity contribution in [2.45, 2.75) is 18.8 Å². The number of aromatic amines is 1. The number of carbonyl (C=O) groups is 1. The predicted octanol–water partition coefficient (Wildman–Crippen LogP) is 3.30. The highest BCUT2D eigenvalue weighted by Crippen LogP contribution is 2.34. The maximum atomic E-state index is 13.6. The number of halogens is 2. The van der Waals surface area contributed by atoms with Crippen LogP contribution < -0.4 is 15.5 Å². The van der Waals surface area contributed by atoms with Crippen LogP contribution in [-0.2, 0) is 0 Å². The number of fused-ring (bicyclic) bond motifs is 1. The van der Waals surface area contributed by atoms with Crippen molar-refractivity contribution >= 4 is 28.6 Å². The highest BCUT2D eigenvalue weighted by molar-refractivity contribution is 5.93. The molecule has 0 spiro atoms. The molecular formula is C22H25F2N7O. The summed E-state index contributed by atoms with van der Waals surface area (Å²) in [6, 6.07) is 9.42. The van der Waals surface area contributed by atoms with E-state index in [0.29, 0.717) is 24.6 Å². The van der Waals surface area contributed by atoms with Gasteiger partial charge >= 0.3 is 6.03 Å². The standard InChI is InChI=1S/C22H25F2N7O/c23-22(24)5-9-30(10-6-22)20-17-13-18(29-19(17)26-14-27-20)15-1-3-16(4-2-15)28-21(32)31-11-7-25-8-12-31/h1-4,13-14,25H,5-12H2,(H,28,32)(H,26,27,29). The second-order valence-corrected chi connectivity index (χ2v) is 8.23. The second kappa shape index (κ2) is 8.34. The molecule has 32 heavy (non-hydrogen) atoms. The first kappa shape index (κ1) is 20.6. The minimum absolute atomic E-state index is 0.100. The lowest BCUT2D eigenvalue weighted by Gasteiger charge is -2.32. The molecule has 4 heterocycles. The van der Waals surface area contributed by atoms with E-state index in [2.05, 4.69) is 25.6 Å². The third kappa shape index (κ3) is 4.22. The van der Waals surface area contributed by atoms with E-state index in [-0.39, 0.29) is 32.0 Å². The quantitative estimate of drug-likeness (QED) is 0.581. The smallest absolute Gasteiger partial charge is 0.321 e. The molecule has 1 aromatic carbocycles. The molecule has 5 rings (SSSR count). The Morgan fingerprint density at radius 1 is 1.03 bits per heavy atom.